The second-order valence-corrected chi connectivity index (χ2v) is 8.57. The molecule has 2 heterocycles. The van der Waals surface area contributed by atoms with Gasteiger partial charge in [0.05, 0.1) is 21.3 Å². The van der Waals surface area contributed by atoms with Crippen molar-refractivity contribution in [2.75, 3.05) is 5.32 Å². The second-order valence-electron chi connectivity index (χ2n) is 6.75. The fourth-order valence-electron chi connectivity index (χ4n) is 3.54. The minimum atomic E-state index is -3.89. The maximum absolute atomic E-state index is 13.0. The average molecular weight is 402 g/mol. The van der Waals surface area contributed by atoms with E-state index in [2.05, 4.69) is 10.3 Å². The quantitative estimate of drug-likeness (QED) is 0.496. The van der Waals surface area contributed by atoms with E-state index in [0.29, 0.717) is 24.6 Å². The van der Waals surface area contributed by atoms with Crippen molar-refractivity contribution in [1.82, 2.24) is 8.96 Å². The molecule has 1 aliphatic carbocycles. The molecule has 10 heteroatoms. The number of aromatic nitrogens is 2. The van der Waals surface area contributed by atoms with E-state index in [1.54, 1.807) is 18.2 Å². The third kappa shape index (κ3) is 3.10. The molecule has 2 atom stereocenters. The van der Waals surface area contributed by atoms with Crippen LogP contribution in [0.25, 0.3) is 11.0 Å². The summed E-state index contributed by atoms with van der Waals surface area (Å²) in [5.41, 5.74) is 0.0929. The number of benzene rings is 1. The fourth-order valence-corrected chi connectivity index (χ4v) is 4.86. The molecule has 0 radical (unpaired) electrons. The third-order valence-electron chi connectivity index (χ3n) is 4.91. The van der Waals surface area contributed by atoms with Crippen molar-refractivity contribution in [3.63, 3.8) is 0 Å². The topological polar surface area (TPSA) is 127 Å². The van der Waals surface area contributed by atoms with Crippen molar-refractivity contribution in [3.05, 3.63) is 58.9 Å². The molecular weight excluding hydrogens is 384 g/mol. The Balaban J connectivity index is 1.85. The molecule has 146 valence electrons. The molecule has 28 heavy (non-hydrogen) atoms. The first-order chi connectivity index (χ1) is 13.4. The van der Waals surface area contributed by atoms with Crippen LogP contribution in [0.2, 0.25) is 0 Å². The highest BCUT2D eigenvalue weighted by atomic mass is 32.2. The standard InChI is InChI=1S/C18H18N4O5S/c23-13-7-6-12(10-13)20-17-15-8-9-21(18(15)19-11-16(17)22(24)25)28(26,27)14-4-2-1-3-5-14/h1-5,8-9,11-13,23H,6-7,10H2,(H,19,20)/t12-,13-/m1/s1. The number of nitrogens with one attached hydrogen (secondary N) is 1. The number of aliphatic hydroxyl groups is 1. The van der Waals surface area contributed by atoms with Gasteiger partial charge in [0.2, 0.25) is 0 Å². The second kappa shape index (κ2) is 6.88. The number of anilines is 1. The minimum absolute atomic E-state index is 0.0982. The number of nitrogens with zero attached hydrogens (tertiary/aromatic N) is 3. The minimum Gasteiger partial charge on any atom is -0.393 e. The van der Waals surface area contributed by atoms with Crippen molar-refractivity contribution in [2.24, 2.45) is 0 Å². The highest BCUT2D eigenvalue weighted by Gasteiger charge is 2.29. The van der Waals surface area contributed by atoms with Gasteiger partial charge in [-0.1, -0.05) is 18.2 Å². The average Bonchev–Trinajstić information content (AvgIpc) is 3.29. The first kappa shape index (κ1) is 18.4. The van der Waals surface area contributed by atoms with Gasteiger partial charge in [-0.2, -0.15) is 0 Å². The van der Waals surface area contributed by atoms with Gasteiger partial charge in [0.1, 0.15) is 11.9 Å². The number of aliphatic hydroxyl groups excluding tert-OH is 1. The zero-order chi connectivity index (χ0) is 19.9. The van der Waals surface area contributed by atoms with Gasteiger partial charge in [-0.25, -0.2) is 17.4 Å². The maximum Gasteiger partial charge on any atom is 0.311 e. The van der Waals surface area contributed by atoms with Crippen molar-refractivity contribution < 1.29 is 18.4 Å². The molecule has 1 aromatic carbocycles. The van der Waals surface area contributed by atoms with E-state index < -0.39 is 21.1 Å². The Bertz CT molecular complexity index is 1140. The van der Waals surface area contributed by atoms with Gasteiger partial charge >= 0.3 is 5.69 Å². The largest absolute Gasteiger partial charge is 0.393 e. The molecule has 1 saturated carbocycles. The van der Waals surface area contributed by atoms with Crippen molar-refractivity contribution in [2.45, 2.75) is 36.3 Å². The Hall–Kier alpha value is -2.98. The van der Waals surface area contributed by atoms with Crippen LogP contribution in [0.3, 0.4) is 0 Å². The lowest BCUT2D eigenvalue weighted by Gasteiger charge is -2.15. The fraction of sp³-hybridized carbons (Fsp3) is 0.278. The zero-order valence-electron chi connectivity index (χ0n) is 14.7. The van der Waals surface area contributed by atoms with E-state index in [-0.39, 0.29) is 28.0 Å². The van der Waals surface area contributed by atoms with Crippen molar-refractivity contribution in [1.29, 1.82) is 0 Å². The van der Waals surface area contributed by atoms with Gasteiger partial charge in [0.25, 0.3) is 10.0 Å². The van der Waals surface area contributed by atoms with Crippen LogP contribution in [-0.4, -0.2) is 39.5 Å². The van der Waals surface area contributed by atoms with Crippen LogP contribution in [0.4, 0.5) is 11.4 Å². The van der Waals surface area contributed by atoms with Gasteiger partial charge in [-0.15, -0.1) is 0 Å². The van der Waals surface area contributed by atoms with E-state index in [0.717, 1.165) is 10.2 Å². The normalized spacial score (nSPS) is 19.8. The van der Waals surface area contributed by atoms with Crippen LogP contribution in [0, 0.1) is 10.1 Å². The molecule has 0 saturated heterocycles. The first-order valence-electron chi connectivity index (χ1n) is 8.77. The van der Waals surface area contributed by atoms with Gasteiger partial charge in [-0.3, -0.25) is 10.1 Å². The van der Waals surface area contributed by atoms with Gasteiger partial charge in [0, 0.05) is 12.2 Å². The summed E-state index contributed by atoms with van der Waals surface area (Å²) in [5.74, 6) is 0. The zero-order valence-corrected chi connectivity index (χ0v) is 15.5. The maximum atomic E-state index is 13.0. The molecule has 0 spiro atoms. The Kier molecular flexibility index (Phi) is 4.52. The predicted molar refractivity (Wildman–Crippen MR) is 103 cm³/mol. The molecule has 2 aromatic heterocycles. The number of pyridine rings is 1. The summed E-state index contributed by atoms with van der Waals surface area (Å²) < 4.78 is 26.9. The summed E-state index contributed by atoms with van der Waals surface area (Å²) in [7, 11) is -3.89. The molecule has 0 unspecified atom stereocenters. The molecule has 1 fully saturated rings. The molecule has 0 bridgehead atoms. The molecule has 0 aliphatic heterocycles. The number of fused-ring (bicyclic) bond motifs is 1. The van der Waals surface area contributed by atoms with E-state index in [9.17, 15) is 23.6 Å². The van der Waals surface area contributed by atoms with Gasteiger partial charge in [0.15, 0.2) is 5.65 Å². The number of hydrogen-bond donors (Lipinski definition) is 2. The number of hydrogen-bond acceptors (Lipinski definition) is 7. The molecule has 9 nitrogen and oxygen atoms in total. The molecule has 1 aliphatic rings. The summed E-state index contributed by atoms with van der Waals surface area (Å²) in [5, 5.41) is 24.7. The number of rotatable bonds is 5. The van der Waals surface area contributed by atoms with Crippen molar-refractivity contribution in [3.8, 4) is 0 Å². The summed E-state index contributed by atoms with van der Waals surface area (Å²) in [6.07, 6.45) is 3.72. The van der Waals surface area contributed by atoms with Crippen LogP contribution in [-0.2, 0) is 10.0 Å². The lowest BCUT2D eigenvalue weighted by atomic mass is 10.2. The Morgan fingerprint density at radius 3 is 2.61 bits per heavy atom. The van der Waals surface area contributed by atoms with E-state index in [4.69, 9.17) is 0 Å². The predicted octanol–water partition coefficient (Wildman–Crippen LogP) is 2.51. The highest BCUT2D eigenvalue weighted by Crippen LogP contribution is 2.35. The van der Waals surface area contributed by atoms with E-state index in [1.807, 2.05) is 0 Å². The molecule has 4 rings (SSSR count). The third-order valence-corrected chi connectivity index (χ3v) is 6.59. The van der Waals surface area contributed by atoms with Crippen molar-refractivity contribution >= 4 is 32.4 Å². The van der Waals surface area contributed by atoms with Crippen LogP contribution < -0.4 is 5.32 Å². The first-order valence-corrected chi connectivity index (χ1v) is 10.2. The Labute approximate surface area is 160 Å². The Morgan fingerprint density at radius 2 is 1.96 bits per heavy atom. The van der Waals surface area contributed by atoms with E-state index in [1.165, 1.54) is 24.4 Å². The van der Waals surface area contributed by atoms with Gasteiger partial charge in [-0.05, 0) is 37.5 Å². The number of nitro groups is 1. The van der Waals surface area contributed by atoms with Crippen LogP contribution in [0.15, 0.2) is 53.7 Å². The summed E-state index contributed by atoms with van der Waals surface area (Å²) in [4.78, 5) is 15.1. The lowest BCUT2D eigenvalue weighted by molar-refractivity contribution is -0.384. The van der Waals surface area contributed by atoms with Gasteiger partial charge < -0.3 is 10.4 Å². The molecule has 0 amide bonds. The monoisotopic (exact) mass is 402 g/mol. The molecule has 2 N–H and O–H groups in total. The summed E-state index contributed by atoms with van der Waals surface area (Å²) in [6.45, 7) is 0. The lowest BCUT2D eigenvalue weighted by Crippen LogP contribution is -2.18. The summed E-state index contributed by atoms with van der Waals surface area (Å²) >= 11 is 0. The molecule has 3 aromatic rings. The smallest absolute Gasteiger partial charge is 0.311 e. The van der Waals surface area contributed by atoms with E-state index >= 15 is 0 Å². The van der Waals surface area contributed by atoms with Crippen LogP contribution >= 0.6 is 0 Å². The van der Waals surface area contributed by atoms with Crippen LogP contribution in [0.1, 0.15) is 19.3 Å². The Morgan fingerprint density at radius 1 is 1.21 bits per heavy atom. The molecular formula is C18H18N4O5S. The SMILES string of the molecule is O=[N+]([O-])c1cnc2c(ccn2S(=O)(=O)c2ccccc2)c1N[C@@H]1CC[C@@H](O)C1. The highest BCUT2D eigenvalue weighted by molar-refractivity contribution is 7.90. The van der Waals surface area contributed by atoms with Crippen LogP contribution in [0.5, 0.6) is 0 Å². The summed E-state index contributed by atoms with van der Waals surface area (Å²) in [6, 6.07) is 9.28.